The van der Waals surface area contributed by atoms with Gasteiger partial charge in [0.2, 0.25) is 10.0 Å². The molecule has 102 valence electrons. The smallest absolute Gasteiger partial charge is 0.244 e. The highest BCUT2D eigenvalue weighted by molar-refractivity contribution is 7.89. The van der Waals surface area contributed by atoms with Crippen molar-refractivity contribution in [2.75, 3.05) is 0 Å². The van der Waals surface area contributed by atoms with E-state index in [0.29, 0.717) is 12.8 Å². The highest BCUT2D eigenvalue weighted by Crippen LogP contribution is 2.09. The lowest BCUT2D eigenvalue weighted by atomic mass is 10.2. The Morgan fingerprint density at radius 3 is 2.83 bits per heavy atom. The van der Waals surface area contributed by atoms with Crippen molar-refractivity contribution in [3.8, 4) is 0 Å². The molecule has 1 rings (SSSR count). The van der Waals surface area contributed by atoms with Gasteiger partial charge in [0.05, 0.1) is 12.2 Å². The Bertz CT molecular complexity index is 522. The van der Waals surface area contributed by atoms with Gasteiger partial charge in [-0.1, -0.05) is 18.5 Å². The summed E-state index contributed by atoms with van der Waals surface area (Å²) >= 11 is 0. The van der Waals surface area contributed by atoms with E-state index in [1.165, 1.54) is 17.1 Å². The molecule has 4 N–H and O–H groups in total. The van der Waals surface area contributed by atoms with Crippen LogP contribution in [0.4, 0.5) is 0 Å². The van der Waals surface area contributed by atoms with Crippen LogP contribution in [0.25, 0.3) is 0 Å². The summed E-state index contributed by atoms with van der Waals surface area (Å²) in [7, 11) is -2.10. The predicted molar refractivity (Wildman–Crippen MR) is 65.6 cm³/mol. The quantitative estimate of drug-likeness (QED) is 0.282. The van der Waals surface area contributed by atoms with E-state index in [-0.39, 0.29) is 10.7 Å². The van der Waals surface area contributed by atoms with E-state index in [0.717, 1.165) is 0 Å². The van der Waals surface area contributed by atoms with Gasteiger partial charge in [-0.15, -0.1) is 0 Å². The molecule has 0 aliphatic rings. The minimum Gasteiger partial charge on any atom is -0.409 e. The Labute approximate surface area is 106 Å². The van der Waals surface area contributed by atoms with Crippen molar-refractivity contribution in [2.45, 2.75) is 30.7 Å². The molecule has 1 heterocycles. The molecule has 1 aromatic heterocycles. The maximum atomic E-state index is 12.0. The molecule has 18 heavy (non-hydrogen) atoms. The molecular formula is C9H17N5O3S. The van der Waals surface area contributed by atoms with E-state index < -0.39 is 16.1 Å². The molecule has 1 unspecified atom stereocenters. The van der Waals surface area contributed by atoms with Crippen molar-refractivity contribution in [1.29, 1.82) is 0 Å². The standard InChI is InChI=1S/C9H17N5O3S/c1-3-4-8(9(10)12-15)13-18(16,17)7-5-11-14(2)6-7/h5-6,8,13,15H,3-4H2,1-2H3,(H2,10,12). The summed E-state index contributed by atoms with van der Waals surface area (Å²) in [6.07, 6.45) is 3.74. The first-order chi connectivity index (χ1) is 8.40. The Balaban J connectivity index is 2.93. The number of amidine groups is 1. The first-order valence-corrected chi connectivity index (χ1v) is 6.87. The number of oxime groups is 1. The maximum Gasteiger partial charge on any atom is 0.244 e. The number of aromatic nitrogens is 2. The Morgan fingerprint density at radius 1 is 1.72 bits per heavy atom. The maximum absolute atomic E-state index is 12.0. The zero-order valence-corrected chi connectivity index (χ0v) is 11.1. The number of hydrogen-bond donors (Lipinski definition) is 3. The van der Waals surface area contributed by atoms with Crippen LogP contribution in [-0.2, 0) is 17.1 Å². The van der Waals surface area contributed by atoms with Crippen LogP contribution in [0, 0.1) is 0 Å². The van der Waals surface area contributed by atoms with E-state index in [2.05, 4.69) is 15.0 Å². The van der Waals surface area contributed by atoms with E-state index in [1.54, 1.807) is 7.05 Å². The van der Waals surface area contributed by atoms with Crippen LogP contribution in [0.2, 0.25) is 0 Å². The summed E-state index contributed by atoms with van der Waals surface area (Å²) in [6.45, 7) is 1.87. The zero-order valence-electron chi connectivity index (χ0n) is 10.2. The third kappa shape index (κ3) is 3.44. The van der Waals surface area contributed by atoms with Gasteiger partial charge in [-0.05, 0) is 6.42 Å². The van der Waals surface area contributed by atoms with Gasteiger partial charge in [-0.25, -0.2) is 13.1 Å². The lowest BCUT2D eigenvalue weighted by Crippen LogP contribution is -2.44. The summed E-state index contributed by atoms with van der Waals surface area (Å²) < 4.78 is 27.7. The molecule has 9 heteroatoms. The SMILES string of the molecule is CCCC(NS(=O)(=O)c1cnn(C)c1)C(N)=NO. The Kier molecular flexibility index (Phi) is 4.68. The van der Waals surface area contributed by atoms with Crippen molar-refractivity contribution in [2.24, 2.45) is 17.9 Å². The van der Waals surface area contributed by atoms with Gasteiger partial charge in [0.25, 0.3) is 0 Å². The average Bonchev–Trinajstić information content (AvgIpc) is 2.75. The highest BCUT2D eigenvalue weighted by Gasteiger charge is 2.23. The number of nitrogens with one attached hydrogen (secondary N) is 1. The van der Waals surface area contributed by atoms with E-state index >= 15 is 0 Å². The van der Waals surface area contributed by atoms with Crippen molar-refractivity contribution in [1.82, 2.24) is 14.5 Å². The van der Waals surface area contributed by atoms with E-state index in [9.17, 15) is 8.42 Å². The van der Waals surface area contributed by atoms with E-state index in [1.807, 2.05) is 6.92 Å². The molecule has 8 nitrogen and oxygen atoms in total. The zero-order chi connectivity index (χ0) is 13.8. The van der Waals surface area contributed by atoms with Crippen LogP contribution in [0.3, 0.4) is 0 Å². The van der Waals surface area contributed by atoms with Crippen LogP contribution in [-0.4, -0.2) is 35.3 Å². The number of nitrogens with zero attached hydrogens (tertiary/aromatic N) is 3. The fourth-order valence-corrected chi connectivity index (χ4v) is 2.64. The second-order valence-corrected chi connectivity index (χ2v) is 5.55. The molecule has 0 bridgehead atoms. The number of hydrogen-bond acceptors (Lipinski definition) is 5. The molecule has 0 radical (unpaired) electrons. The Hall–Kier alpha value is -1.61. The van der Waals surface area contributed by atoms with Crippen LogP contribution < -0.4 is 10.5 Å². The summed E-state index contributed by atoms with van der Waals surface area (Å²) in [4.78, 5) is 0.0387. The van der Waals surface area contributed by atoms with Crippen LogP contribution in [0.15, 0.2) is 22.4 Å². The van der Waals surface area contributed by atoms with Gasteiger partial charge in [0, 0.05) is 13.2 Å². The molecule has 0 aliphatic heterocycles. The molecule has 0 aliphatic carbocycles. The molecule has 0 aromatic carbocycles. The van der Waals surface area contributed by atoms with Crippen molar-refractivity contribution >= 4 is 15.9 Å². The van der Waals surface area contributed by atoms with Gasteiger partial charge in [0.1, 0.15) is 4.90 Å². The molecule has 0 saturated heterocycles. The molecule has 1 aromatic rings. The fraction of sp³-hybridized carbons (Fsp3) is 0.556. The van der Waals surface area contributed by atoms with Crippen molar-refractivity contribution < 1.29 is 13.6 Å². The van der Waals surface area contributed by atoms with Crippen LogP contribution >= 0.6 is 0 Å². The summed E-state index contributed by atoms with van der Waals surface area (Å²) in [5, 5.41) is 15.2. The number of sulfonamides is 1. The summed E-state index contributed by atoms with van der Waals surface area (Å²) in [5.74, 6) is -0.163. The molecule has 0 spiro atoms. The first-order valence-electron chi connectivity index (χ1n) is 5.39. The number of nitrogens with two attached hydrogens (primary N) is 1. The molecule has 0 saturated carbocycles. The second kappa shape index (κ2) is 5.83. The van der Waals surface area contributed by atoms with Gasteiger partial charge in [-0.3, -0.25) is 4.68 Å². The second-order valence-electron chi connectivity index (χ2n) is 3.84. The molecular weight excluding hydrogens is 258 g/mol. The van der Waals surface area contributed by atoms with Crippen molar-refractivity contribution in [3.63, 3.8) is 0 Å². The van der Waals surface area contributed by atoms with Gasteiger partial charge in [0.15, 0.2) is 5.84 Å². The van der Waals surface area contributed by atoms with Gasteiger partial charge in [-0.2, -0.15) is 5.10 Å². The third-order valence-electron chi connectivity index (χ3n) is 2.34. The molecule has 1 atom stereocenters. The monoisotopic (exact) mass is 275 g/mol. The van der Waals surface area contributed by atoms with Gasteiger partial charge < -0.3 is 10.9 Å². The molecule has 0 amide bonds. The minimum atomic E-state index is -3.72. The van der Waals surface area contributed by atoms with Crippen molar-refractivity contribution in [3.05, 3.63) is 12.4 Å². The third-order valence-corrected chi connectivity index (χ3v) is 3.76. The number of rotatable bonds is 6. The lowest BCUT2D eigenvalue weighted by Gasteiger charge is -2.15. The Morgan fingerprint density at radius 2 is 2.39 bits per heavy atom. The van der Waals surface area contributed by atoms with E-state index in [4.69, 9.17) is 10.9 Å². The highest BCUT2D eigenvalue weighted by atomic mass is 32.2. The topological polar surface area (TPSA) is 123 Å². The lowest BCUT2D eigenvalue weighted by molar-refractivity contribution is 0.315. The molecule has 0 fully saturated rings. The van der Waals surface area contributed by atoms with Gasteiger partial charge >= 0.3 is 0 Å². The summed E-state index contributed by atoms with van der Waals surface area (Å²) in [5.41, 5.74) is 5.45. The largest absolute Gasteiger partial charge is 0.409 e. The minimum absolute atomic E-state index is 0.0387. The predicted octanol–water partition coefficient (Wildman–Crippen LogP) is -0.386. The first kappa shape index (κ1) is 14.5. The van der Waals surface area contributed by atoms with Crippen LogP contribution in [0.1, 0.15) is 19.8 Å². The normalized spacial score (nSPS) is 14.7. The summed E-state index contributed by atoms with van der Waals surface area (Å²) in [6, 6.07) is -0.731. The fourth-order valence-electron chi connectivity index (χ4n) is 1.42. The average molecular weight is 275 g/mol. The number of aryl methyl sites for hydroxylation is 1. The van der Waals surface area contributed by atoms with Crippen LogP contribution in [0.5, 0.6) is 0 Å².